The molecule has 0 spiro atoms. The molecule has 1 saturated heterocycles. The van der Waals surface area contributed by atoms with Gasteiger partial charge in [0.05, 0.1) is 10.6 Å². The van der Waals surface area contributed by atoms with E-state index in [0.29, 0.717) is 35.4 Å². The second kappa shape index (κ2) is 12.7. The summed E-state index contributed by atoms with van der Waals surface area (Å²) >= 11 is 0. The Morgan fingerprint density at radius 3 is 2.11 bits per heavy atom. The van der Waals surface area contributed by atoms with Gasteiger partial charge in [0.2, 0.25) is 11.8 Å². The minimum Gasteiger partial charge on any atom is -0.343 e. The molecule has 5 rings (SSSR count). The van der Waals surface area contributed by atoms with Gasteiger partial charge < -0.3 is 4.90 Å². The van der Waals surface area contributed by atoms with E-state index in [1.165, 1.54) is 21.9 Å². The number of hydrogen-bond acceptors (Lipinski definition) is 6. The van der Waals surface area contributed by atoms with Crippen molar-refractivity contribution in [3.63, 3.8) is 0 Å². The van der Waals surface area contributed by atoms with Crippen LogP contribution in [0.3, 0.4) is 0 Å². The number of benzene rings is 4. The number of carbonyl (C=O) groups is 4. The van der Waals surface area contributed by atoms with E-state index in [1.807, 2.05) is 18.2 Å². The highest BCUT2D eigenvalue weighted by Gasteiger charge is 2.38. The molecule has 0 radical (unpaired) electrons. The summed E-state index contributed by atoms with van der Waals surface area (Å²) in [5, 5.41) is 1.54. The summed E-state index contributed by atoms with van der Waals surface area (Å²) in [6.07, 6.45) is -0.0906. The first-order valence-corrected chi connectivity index (χ1v) is 15.7. The van der Waals surface area contributed by atoms with Gasteiger partial charge >= 0.3 is 6.03 Å². The van der Waals surface area contributed by atoms with Gasteiger partial charge in [0.25, 0.3) is 15.9 Å². The molecule has 226 valence electrons. The highest BCUT2D eigenvalue weighted by molar-refractivity contribution is 7.90. The van der Waals surface area contributed by atoms with E-state index in [1.54, 1.807) is 80.6 Å². The topological polar surface area (TPSA) is 124 Å². The van der Waals surface area contributed by atoms with Crippen LogP contribution in [0.15, 0.2) is 102 Å². The first-order chi connectivity index (χ1) is 21.1. The van der Waals surface area contributed by atoms with Crippen molar-refractivity contribution in [3.8, 4) is 0 Å². The number of amides is 5. The fraction of sp³-hybridized carbons (Fsp3) is 0.212. The summed E-state index contributed by atoms with van der Waals surface area (Å²) in [5.41, 5.74) is 1.50. The van der Waals surface area contributed by atoms with Gasteiger partial charge in [0.15, 0.2) is 0 Å². The van der Waals surface area contributed by atoms with E-state index in [-0.39, 0.29) is 23.8 Å². The van der Waals surface area contributed by atoms with E-state index in [4.69, 9.17) is 0 Å². The summed E-state index contributed by atoms with van der Waals surface area (Å²) in [6.45, 7) is 4.13. The fourth-order valence-electron chi connectivity index (χ4n) is 5.23. The molecule has 10 nitrogen and oxygen atoms in total. The third-order valence-corrected chi connectivity index (χ3v) is 8.97. The standard InChI is InChI=1S/C33H32N4O6S/c1-3-35(4-2)32(40)29(31(39)34-44(42,43)28-19-16-24-10-8-9-11-25(24)21-28)20-23-14-17-27(18-15-23)37-30(38)22-36(33(37)41)26-12-6-5-7-13-26/h5-19,21,29H,3-4,20,22H2,1-2H3,(H,34,39). The first-order valence-electron chi connectivity index (χ1n) is 14.3. The molecule has 1 fully saturated rings. The van der Waals surface area contributed by atoms with Crippen LogP contribution in [0, 0.1) is 5.92 Å². The Morgan fingerprint density at radius 1 is 0.818 bits per heavy atom. The van der Waals surface area contributed by atoms with Crippen molar-refractivity contribution in [1.29, 1.82) is 0 Å². The Hall–Kier alpha value is -5.03. The third kappa shape index (κ3) is 6.18. The van der Waals surface area contributed by atoms with Crippen molar-refractivity contribution >= 4 is 55.9 Å². The number of sulfonamides is 1. The van der Waals surface area contributed by atoms with E-state index >= 15 is 0 Å². The molecule has 4 aromatic rings. The molecule has 1 unspecified atom stereocenters. The number of rotatable bonds is 10. The maximum absolute atomic E-state index is 13.5. The quantitative estimate of drug-likeness (QED) is 0.210. The molecule has 1 N–H and O–H groups in total. The SMILES string of the molecule is CCN(CC)C(=O)C(Cc1ccc(N2C(=O)CN(c3ccccc3)C2=O)cc1)C(=O)NS(=O)(=O)c1ccc2ccccc2c1. The molecule has 11 heteroatoms. The summed E-state index contributed by atoms with van der Waals surface area (Å²) in [5.74, 6) is -3.17. The molecule has 1 atom stereocenters. The largest absolute Gasteiger partial charge is 0.343 e. The van der Waals surface area contributed by atoms with Crippen LogP contribution in [-0.4, -0.2) is 56.7 Å². The van der Waals surface area contributed by atoms with Gasteiger partial charge in [-0.2, -0.15) is 0 Å². The minimum absolute atomic E-state index is 0.0903. The molecular weight excluding hydrogens is 580 g/mol. The van der Waals surface area contributed by atoms with Crippen molar-refractivity contribution in [1.82, 2.24) is 9.62 Å². The molecule has 0 bridgehead atoms. The smallest absolute Gasteiger partial charge is 0.336 e. The summed E-state index contributed by atoms with van der Waals surface area (Å²) < 4.78 is 28.6. The van der Waals surface area contributed by atoms with Crippen LogP contribution in [0.5, 0.6) is 0 Å². The zero-order chi connectivity index (χ0) is 31.4. The average molecular weight is 613 g/mol. The molecule has 0 saturated carbocycles. The molecule has 5 amide bonds. The van der Waals surface area contributed by atoms with Gasteiger partial charge in [-0.1, -0.05) is 60.7 Å². The Labute approximate surface area is 255 Å². The molecule has 44 heavy (non-hydrogen) atoms. The van der Waals surface area contributed by atoms with Gasteiger partial charge in [-0.15, -0.1) is 0 Å². The lowest BCUT2D eigenvalue weighted by Crippen LogP contribution is -2.46. The number of nitrogens with zero attached hydrogens (tertiary/aromatic N) is 3. The van der Waals surface area contributed by atoms with Crippen molar-refractivity contribution in [2.45, 2.75) is 25.2 Å². The predicted octanol–water partition coefficient (Wildman–Crippen LogP) is 4.35. The monoisotopic (exact) mass is 612 g/mol. The van der Waals surface area contributed by atoms with Gasteiger partial charge in [-0.25, -0.2) is 22.8 Å². The van der Waals surface area contributed by atoms with Crippen LogP contribution in [0.25, 0.3) is 10.8 Å². The molecule has 1 heterocycles. The Morgan fingerprint density at radius 2 is 1.45 bits per heavy atom. The summed E-state index contributed by atoms with van der Waals surface area (Å²) in [4.78, 5) is 56.6. The van der Waals surface area contributed by atoms with E-state index in [2.05, 4.69) is 4.72 Å². The minimum atomic E-state index is -4.28. The molecular formula is C33H32N4O6S. The van der Waals surface area contributed by atoms with E-state index in [0.717, 1.165) is 10.3 Å². The molecule has 1 aliphatic heterocycles. The lowest BCUT2D eigenvalue weighted by molar-refractivity contribution is -0.141. The van der Waals surface area contributed by atoms with Gasteiger partial charge in [-0.05, 0) is 73.0 Å². The zero-order valence-corrected chi connectivity index (χ0v) is 25.2. The maximum Gasteiger partial charge on any atom is 0.336 e. The van der Waals surface area contributed by atoms with Crippen LogP contribution < -0.4 is 14.5 Å². The predicted molar refractivity (Wildman–Crippen MR) is 168 cm³/mol. The highest BCUT2D eigenvalue weighted by atomic mass is 32.2. The average Bonchev–Trinajstić information content (AvgIpc) is 3.33. The number of anilines is 2. The lowest BCUT2D eigenvalue weighted by Gasteiger charge is -2.25. The van der Waals surface area contributed by atoms with Crippen LogP contribution in [0.1, 0.15) is 19.4 Å². The summed E-state index contributed by atoms with van der Waals surface area (Å²) in [6, 6.07) is 26.6. The first kappa shape index (κ1) is 30.4. The Balaban J connectivity index is 1.37. The van der Waals surface area contributed by atoms with Crippen molar-refractivity contribution in [2.75, 3.05) is 29.4 Å². The maximum atomic E-state index is 13.5. The van der Waals surface area contributed by atoms with E-state index < -0.39 is 33.8 Å². The van der Waals surface area contributed by atoms with Gasteiger partial charge in [0.1, 0.15) is 12.5 Å². The van der Waals surface area contributed by atoms with Crippen LogP contribution >= 0.6 is 0 Å². The number of nitrogens with one attached hydrogen (secondary N) is 1. The van der Waals surface area contributed by atoms with Crippen molar-refractivity contribution in [3.05, 3.63) is 103 Å². The zero-order valence-electron chi connectivity index (χ0n) is 24.3. The Kier molecular flexibility index (Phi) is 8.77. The second-order valence-electron chi connectivity index (χ2n) is 10.3. The number of carbonyl (C=O) groups excluding carboxylic acids is 4. The van der Waals surface area contributed by atoms with Gasteiger partial charge in [0, 0.05) is 18.8 Å². The van der Waals surface area contributed by atoms with Crippen LogP contribution in [0.4, 0.5) is 16.2 Å². The lowest BCUT2D eigenvalue weighted by atomic mass is 9.97. The number of hydrogen-bond donors (Lipinski definition) is 1. The summed E-state index contributed by atoms with van der Waals surface area (Å²) in [7, 11) is -4.28. The molecule has 1 aliphatic rings. The van der Waals surface area contributed by atoms with Crippen molar-refractivity contribution < 1.29 is 27.6 Å². The highest BCUT2D eigenvalue weighted by Crippen LogP contribution is 2.27. The normalized spacial score (nSPS) is 14.1. The van der Waals surface area contributed by atoms with Gasteiger partial charge in [-0.3, -0.25) is 19.3 Å². The van der Waals surface area contributed by atoms with Crippen LogP contribution in [-0.2, 0) is 30.8 Å². The molecule has 0 aromatic heterocycles. The number of urea groups is 1. The fourth-order valence-corrected chi connectivity index (χ4v) is 6.28. The number of para-hydroxylation sites is 1. The van der Waals surface area contributed by atoms with E-state index in [9.17, 15) is 27.6 Å². The Bertz CT molecular complexity index is 1820. The number of fused-ring (bicyclic) bond motifs is 1. The van der Waals surface area contributed by atoms with Crippen molar-refractivity contribution in [2.24, 2.45) is 5.92 Å². The molecule has 0 aliphatic carbocycles. The third-order valence-electron chi connectivity index (χ3n) is 7.62. The molecule has 4 aromatic carbocycles. The number of imide groups is 1. The van der Waals surface area contributed by atoms with Crippen LogP contribution in [0.2, 0.25) is 0 Å². The second-order valence-corrected chi connectivity index (χ2v) is 12.0.